The fourth-order valence-electron chi connectivity index (χ4n) is 8.21. The summed E-state index contributed by atoms with van der Waals surface area (Å²) in [5.74, 6) is -1.09. The number of ether oxygens (including phenoxy) is 2. The number of piperidine rings is 1. The lowest BCUT2D eigenvalue weighted by molar-refractivity contribution is -0.0348. The number of fused-ring (bicyclic) bond motifs is 3. The van der Waals surface area contributed by atoms with Gasteiger partial charge in [-0.2, -0.15) is 0 Å². The predicted octanol–water partition coefficient (Wildman–Crippen LogP) is 8.04. The SMILES string of the molecule is Cc1[nH]c(C(=O)O)c(C)c1CN(C(=O)OCC1c2ccccc2-c2ccccc21)C1CCCCC12CCN(C(=O)OC(C)(C)C)CC2. The van der Waals surface area contributed by atoms with Gasteiger partial charge in [0.1, 0.15) is 17.9 Å². The van der Waals surface area contributed by atoms with Crippen LogP contribution in [-0.4, -0.2) is 69.4 Å². The molecule has 1 saturated heterocycles. The van der Waals surface area contributed by atoms with Crippen molar-refractivity contribution >= 4 is 18.2 Å². The molecule has 3 aromatic rings. The molecule has 1 atom stereocenters. The summed E-state index contributed by atoms with van der Waals surface area (Å²) in [5, 5.41) is 9.82. The van der Waals surface area contributed by atoms with Crippen molar-refractivity contribution in [3.63, 3.8) is 0 Å². The first kappa shape index (κ1) is 32.7. The summed E-state index contributed by atoms with van der Waals surface area (Å²) >= 11 is 0. The standard InChI is InChI=1S/C38H47N3O6/c1-24-30(25(2)39-33(24)34(42)43)22-41(32-16-10-11-17-38(32)18-20-40(21-19-38)35(44)47-37(3,4)5)36(45)46-23-31-28-14-8-6-12-26(28)27-13-7-9-15-29(27)31/h6-9,12-15,31-32,39H,10-11,16-23H2,1-5H3,(H,42,43). The first-order valence-electron chi connectivity index (χ1n) is 16.9. The van der Waals surface area contributed by atoms with Crippen LogP contribution in [-0.2, 0) is 16.0 Å². The average Bonchev–Trinajstić information content (AvgIpc) is 3.51. The molecule has 1 spiro atoms. The van der Waals surface area contributed by atoms with E-state index in [1.807, 2.05) is 56.9 Å². The van der Waals surface area contributed by atoms with Gasteiger partial charge in [-0.1, -0.05) is 61.4 Å². The normalized spacial score (nSPS) is 18.8. The summed E-state index contributed by atoms with van der Waals surface area (Å²) in [6.45, 7) is 10.9. The van der Waals surface area contributed by atoms with Gasteiger partial charge < -0.3 is 29.4 Å². The summed E-state index contributed by atoms with van der Waals surface area (Å²) < 4.78 is 12.0. The number of carboxylic acid groups (broad SMARTS) is 1. The molecule has 47 heavy (non-hydrogen) atoms. The summed E-state index contributed by atoms with van der Waals surface area (Å²) in [6.07, 6.45) is 4.67. The van der Waals surface area contributed by atoms with Crippen molar-refractivity contribution in [1.82, 2.24) is 14.8 Å². The zero-order valence-corrected chi connectivity index (χ0v) is 28.2. The molecule has 1 aromatic heterocycles. The molecular formula is C38H47N3O6. The third-order valence-electron chi connectivity index (χ3n) is 10.6. The molecular weight excluding hydrogens is 594 g/mol. The van der Waals surface area contributed by atoms with Crippen LogP contribution in [0, 0.1) is 19.3 Å². The average molecular weight is 642 g/mol. The van der Waals surface area contributed by atoms with Crippen LogP contribution in [0.4, 0.5) is 9.59 Å². The van der Waals surface area contributed by atoms with Crippen molar-refractivity contribution in [2.45, 2.75) is 97.2 Å². The van der Waals surface area contributed by atoms with Crippen molar-refractivity contribution in [3.05, 3.63) is 82.2 Å². The molecule has 2 N–H and O–H groups in total. The van der Waals surface area contributed by atoms with E-state index in [0.29, 0.717) is 18.7 Å². The van der Waals surface area contributed by atoms with Gasteiger partial charge in [0.25, 0.3) is 0 Å². The van der Waals surface area contributed by atoms with Crippen LogP contribution in [0.15, 0.2) is 48.5 Å². The second-order valence-corrected chi connectivity index (χ2v) is 14.6. The molecule has 1 unspecified atom stereocenters. The number of carbonyl (C=O) groups excluding carboxylic acids is 2. The van der Waals surface area contributed by atoms with Crippen LogP contribution >= 0.6 is 0 Å². The van der Waals surface area contributed by atoms with Gasteiger partial charge in [-0.05, 0) is 99.1 Å². The molecule has 2 aromatic carbocycles. The Morgan fingerprint density at radius 1 is 0.957 bits per heavy atom. The summed E-state index contributed by atoms with van der Waals surface area (Å²) in [4.78, 5) is 46.1. The minimum absolute atomic E-state index is 0.0695. The number of carbonyl (C=O) groups is 3. The van der Waals surface area contributed by atoms with E-state index in [0.717, 1.165) is 60.9 Å². The molecule has 250 valence electrons. The van der Waals surface area contributed by atoms with E-state index in [-0.39, 0.29) is 48.4 Å². The number of aromatic amines is 1. The molecule has 9 heteroatoms. The van der Waals surface area contributed by atoms with E-state index in [4.69, 9.17) is 9.47 Å². The Morgan fingerprint density at radius 2 is 1.57 bits per heavy atom. The number of aromatic carboxylic acids is 1. The third-order valence-corrected chi connectivity index (χ3v) is 10.6. The third kappa shape index (κ3) is 6.36. The Hall–Kier alpha value is -4.27. The van der Waals surface area contributed by atoms with Crippen molar-refractivity contribution < 1.29 is 29.0 Å². The number of rotatable bonds is 6. The van der Waals surface area contributed by atoms with Gasteiger partial charge in [-0.3, -0.25) is 0 Å². The lowest BCUT2D eigenvalue weighted by atomic mass is 9.64. The monoisotopic (exact) mass is 641 g/mol. The number of hydrogen-bond donors (Lipinski definition) is 2. The number of nitrogens with one attached hydrogen (secondary N) is 1. The molecule has 2 heterocycles. The van der Waals surface area contributed by atoms with Gasteiger partial charge in [-0.15, -0.1) is 0 Å². The molecule has 3 aliphatic rings. The number of hydrogen-bond acceptors (Lipinski definition) is 5. The molecule has 2 amide bonds. The maximum absolute atomic E-state index is 14.4. The van der Waals surface area contributed by atoms with Gasteiger partial charge in [-0.25, -0.2) is 14.4 Å². The van der Waals surface area contributed by atoms with Crippen LogP contribution in [0.25, 0.3) is 11.1 Å². The van der Waals surface area contributed by atoms with E-state index < -0.39 is 11.6 Å². The van der Waals surface area contributed by atoms with Gasteiger partial charge in [0.15, 0.2) is 0 Å². The maximum atomic E-state index is 14.4. The summed E-state index contributed by atoms with van der Waals surface area (Å²) in [5.41, 5.74) is 6.22. The Morgan fingerprint density at radius 3 is 2.15 bits per heavy atom. The molecule has 2 aliphatic carbocycles. The molecule has 2 fully saturated rings. The largest absolute Gasteiger partial charge is 0.477 e. The molecule has 0 radical (unpaired) electrons. The zero-order valence-electron chi connectivity index (χ0n) is 28.2. The summed E-state index contributed by atoms with van der Waals surface area (Å²) in [7, 11) is 0. The topological polar surface area (TPSA) is 112 Å². The van der Waals surface area contributed by atoms with Gasteiger partial charge in [0.05, 0.1) is 6.54 Å². The lowest BCUT2D eigenvalue weighted by Gasteiger charge is -2.52. The van der Waals surface area contributed by atoms with E-state index in [1.165, 1.54) is 11.1 Å². The number of benzene rings is 2. The zero-order chi connectivity index (χ0) is 33.5. The minimum atomic E-state index is -1.02. The fraction of sp³-hybridized carbons (Fsp3) is 0.500. The number of carboxylic acids is 1. The van der Waals surface area contributed by atoms with Gasteiger partial charge >= 0.3 is 18.2 Å². The number of aryl methyl sites for hydroxylation is 1. The van der Waals surface area contributed by atoms with Crippen molar-refractivity contribution in [1.29, 1.82) is 0 Å². The Bertz CT molecular complexity index is 1620. The molecule has 1 aliphatic heterocycles. The van der Waals surface area contributed by atoms with E-state index >= 15 is 0 Å². The van der Waals surface area contributed by atoms with E-state index in [2.05, 4.69) is 29.2 Å². The first-order valence-corrected chi connectivity index (χ1v) is 16.9. The van der Waals surface area contributed by atoms with Crippen LogP contribution in [0.1, 0.15) is 104 Å². The Balaban J connectivity index is 1.29. The smallest absolute Gasteiger partial charge is 0.410 e. The molecule has 1 saturated carbocycles. The van der Waals surface area contributed by atoms with Crippen molar-refractivity contribution in [2.75, 3.05) is 19.7 Å². The van der Waals surface area contributed by atoms with Crippen LogP contribution in [0.5, 0.6) is 0 Å². The van der Waals surface area contributed by atoms with E-state index in [9.17, 15) is 19.5 Å². The quantitative estimate of drug-likeness (QED) is 0.282. The van der Waals surface area contributed by atoms with Gasteiger partial charge in [0.2, 0.25) is 0 Å². The first-order chi connectivity index (χ1) is 22.4. The number of nitrogens with zero attached hydrogens (tertiary/aromatic N) is 2. The molecule has 0 bridgehead atoms. The minimum Gasteiger partial charge on any atom is -0.477 e. The highest BCUT2D eigenvalue weighted by Crippen LogP contribution is 2.49. The highest BCUT2D eigenvalue weighted by atomic mass is 16.6. The van der Waals surface area contributed by atoms with Crippen LogP contribution < -0.4 is 0 Å². The number of H-pyrrole nitrogens is 1. The molecule has 9 nitrogen and oxygen atoms in total. The van der Waals surface area contributed by atoms with Crippen LogP contribution in [0.2, 0.25) is 0 Å². The number of amides is 2. The highest BCUT2D eigenvalue weighted by Gasteiger charge is 2.48. The Labute approximate surface area is 277 Å². The predicted molar refractivity (Wildman–Crippen MR) is 180 cm³/mol. The fourth-order valence-corrected chi connectivity index (χ4v) is 8.21. The highest BCUT2D eigenvalue weighted by molar-refractivity contribution is 5.88. The second-order valence-electron chi connectivity index (χ2n) is 14.6. The maximum Gasteiger partial charge on any atom is 0.410 e. The van der Waals surface area contributed by atoms with Crippen LogP contribution in [0.3, 0.4) is 0 Å². The second kappa shape index (κ2) is 12.7. The van der Waals surface area contributed by atoms with E-state index in [1.54, 1.807) is 11.8 Å². The van der Waals surface area contributed by atoms with Crippen molar-refractivity contribution in [3.8, 4) is 11.1 Å². The number of likely N-dealkylation sites (tertiary alicyclic amines) is 1. The van der Waals surface area contributed by atoms with Gasteiger partial charge in [0, 0.05) is 30.7 Å². The lowest BCUT2D eigenvalue weighted by Crippen LogP contribution is -2.56. The Kier molecular flexibility index (Phi) is 8.85. The van der Waals surface area contributed by atoms with Crippen molar-refractivity contribution in [2.24, 2.45) is 5.41 Å². The summed E-state index contributed by atoms with van der Waals surface area (Å²) in [6, 6.07) is 16.5. The molecule has 6 rings (SSSR count). The number of aromatic nitrogens is 1.